The van der Waals surface area contributed by atoms with E-state index in [0.29, 0.717) is 11.3 Å². The normalized spacial score (nSPS) is 22.1. The molecule has 3 aromatic rings. The molecule has 1 aromatic heterocycles. The molecular formula is C25H22N2O5S. The first-order valence-electron chi connectivity index (χ1n) is 10.7. The van der Waals surface area contributed by atoms with Gasteiger partial charge in [-0.2, -0.15) is 0 Å². The lowest BCUT2D eigenvalue weighted by atomic mass is 9.95. The molecule has 2 amide bonds. The van der Waals surface area contributed by atoms with Gasteiger partial charge in [0, 0.05) is 4.88 Å². The van der Waals surface area contributed by atoms with Crippen LogP contribution >= 0.6 is 11.3 Å². The quantitative estimate of drug-likeness (QED) is 0.416. The Morgan fingerprint density at radius 3 is 2.45 bits per heavy atom. The van der Waals surface area contributed by atoms with Crippen LogP contribution in [0.1, 0.15) is 33.8 Å². The van der Waals surface area contributed by atoms with Crippen LogP contribution in [0, 0.1) is 12.8 Å². The summed E-state index contributed by atoms with van der Waals surface area (Å²) in [6, 6.07) is 17.5. The fourth-order valence-corrected chi connectivity index (χ4v) is 5.25. The van der Waals surface area contributed by atoms with E-state index >= 15 is 0 Å². The van der Waals surface area contributed by atoms with Gasteiger partial charge in [-0.25, -0.2) is 14.8 Å². The Bertz CT molecular complexity index is 1210. The zero-order chi connectivity index (χ0) is 23.1. The lowest BCUT2D eigenvalue weighted by Gasteiger charge is -2.29. The molecule has 3 atom stereocenters. The minimum Gasteiger partial charge on any atom is -0.462 e. The molecule has 2 aliphatic heterocycles. The molecule has 8 heteroatoms. The van der Waals surface area contributed by atoms with Crippen molar-refractivity contribution in [3.05, 3.63) is 82.0 Å². The number of hydrogen-bond donors (Lipinski definition) is 0. The topological polar surface area (TPSA) is 76.2 Å². The van der Waals surface area contributed by atoms with Gasteiger partial charge < -0.3 is 4.74 Å². The van der Waals surface area contributed by atoms with Crippen LogP contribution in [0.5, 0.6) is 0 Å². The van der Waals surface area contributed by atoms with Crippen LogP contribution < -0.4 is 9.96 Å². The monoisotopic (exact) mass is 462 g/mol. The second-order valence-electron chi connectivity index (χ2n) is 7.90. The average molecular weight is 463 g/mol. The standard InChI is InChI=1S/C25H22N2O5S/c1-3-31-25(30)16-10-12-17(13-11-16)26-23(28)20-21(19-9-6-14-33-19)27(32-22(20)24(26)29)18-8-5-4-7-15(18)2/h4-14,20-22H,3H2,1-2H3/t20-,21-,22+/m1/s1. The Kier molecular flexibility index (Phi) is 5.47. The number of amides is 2. The number of para-hydroxylation sites is 1. The predicted octanol–water partition coefficient (Wildman–Crippen LogP) is 4.28. The van der Waals surface area contributed by atoms with Gasteiger partial charge in [-0.15, -0.1) is 11.3 Å². The van der Waals surface area contributed by atoms with E-state index in [1.54, 1.807) is 36.3 Å². The van der Waals surface area contributed by atoms with Gasteiger partial charge >= 0.3 is 5.97 Å². The summed E-state index contributed by atoms with van der Waals surface area (Å²) < 4.78 is 5.00. The zero-order valence-electron chi connectivity index (χ0n) is 18.1. The summed E-state index contributed by atoms with van der Waals surface area (Å²) >= 11 is 1.53. The minimum atomic E-state index is -0.922. The van der Waals surface area contributed by atoms with Gasteiger partial charge in [0.15, 0.2) is 6.10 Å². The molecule has 2 aromatic carbocycles. The third-order valence-electron chi connectivity index (χ3n) is 5.94. The second-order valence-corrected chi connectivity index (χ2v) is 8.88. The number of thiophene rings is 1. The number of carbonyl (C=O) groups excluding carboxylic acids is 3. The van der Waals surface area contributed by atoms with Crippen LogP contribution in [-0.2, 0) is 19.2 Å². The molecule has 0 aliphatic carbocycles. The number of rotatable bonds is 5. The fourth-order valence-electron chi connectivity index (χ4n) is 4.40. The first kappa shape index (κ1) is 21.4. The molecule has 0 N–H and O–H groups in total. The molecule has 0 radical (unpaired) electrons. The molecule has 2 fully saturated rings. The SMILES string of the molecule is CCOC(=O)c1ccc(N2C(=O)[C@H]3[C@H](ON(c4ccccc4C)[C@@H]3c3cccs3)C2=O)cc1. The summed E-state index contributed by atoms with van der Waals surface area (Å²) in [5.74, 6) is -1.86. The number of aryl methyl sites for hydroxylation is 1. The third-order valence-corrected chi connectivity index (χ3v) is 6.88. The summed E-state index contributed by atoms with van der Waals surface area (Å²) in [5, 5.41) is 3.67. The van der Waals surface area contributed by atoms with E-state index < -0.39 is 29.9 Å². The van der Waals surface area contributed by atoms with Crippen molar-refractivity contribution >= 4 is 40.5 Å². The first-order chi connectivity index (χ1) is 16.0. The van der Waals surface area contributed by atoms with Crippen molar-refractivity contribution in [3.63, 3.8) is 0 Å². The van der Waals surface area contributed by atoms with E-state index in [-0.39, 0.29) is 12.5 Å². The number of fused-ring (bicyclic) bond motifs is 1. The molecule has 2 aliphatic rings. The molecular weight excluding hydrogens is 440 g/mol. The van der Waals surface area contributed by atoms with E-state index in [1.807, 2.05) is 48.7 Å². The van der Waals surface area contributed by atoms with E-state index in [4.69, 9.17) is 9.57 Å². The molecule has 168 valence electrons. The van der Waals surface area contributed by atoms with Gasteiger partial charge in [0.1, 0.15) is 12.0 Å². The van der Waals surface area contributed by atoms with Crippen LogP contribution in [0.2, 0.25) is 0 Å². The molecule has 33 heavy (non-hydrogen) atoms. The van der Waals surface area contributed by atoms with Crippen LogP contribution in [0.25, 0.3) is 0 Å². The zero-order valence-corrected chi connectivity index (χ0v) is 19.0. The Labute approximate surface area is 195 Å². The van der Waals surface area contributed by atoms with Gasteiger partial charge in [-0.1, -0.05) is 24.3 Å². The summed E-state index contributed by atoms with van der Waals surface area (Å²) in [7, 11) is 0. The Morgan fingerprint density at radius 1 is 1.03 bits per heavy atom. The van der Waals surface area contributed by atoms with Gasteiger partial charge in [0.05, 0.1) is 23.5 Å². The number of nitrogens with zero attached hydrogens (tertiary/aromatic N) is 2. The van der Waals surface area contributed by atoms with Gasteiger partial charge in [-0.3, -0.25) is 14.4 Å². The fraction of sp³-hybridized carbons (Fsp3) is 0.240. The molecule has 0 unspecified atom stereocenters. The highest BCUT2D eigenvalue weighted by Crippen LogP contribution is 2.49. The van der Waals surface area contributed by atoms with E-state index in [1.165, 1.54) is 16.2 Å². The predicted molar refractivity (Wildman–Crippen MR) is 124 cm³/mol. The smallest absolute Gasteiger partial charge is 0.338 e. The lowest BCUT2D eigenvalue weighted by molar-refractivity contribution is -0.126. The number of esters is 1. The number of hydroxylamine groups is 1. The Hall–Kier alpha value is -3.49. The van der Waals surface area contributed by atoms with Crippen molar-refractivity contribution in [3.8, 4) is 0 Å². The van der Waals surface area contributed by atoms with Gasteiger partial charge in [-0.05, 0) is 61.2 Å². The highest BCUT2D eigenvalue weighted by Gasteiger charge is 2.60. The molecule has 0 spiro atoms. The van der Waals surface area contributed by atoms with Crippen molar-refractivity contribution in [2.75, 3.05) is 16.6 Å². The second kappa shape index (κ2) is 8.46. The number of anilines is 2. The molecule has 2 saturated heterocycles. The molecule has 0 saturated carbocycles. The molecule has 0 bridgehead atoms. The van der Waals surface area contributed by atoms with Crippen molar-refractivity contribution in [1.82, 2.24) is 0 Å². The van der Waals surface area contributed by atoms with Crippen LogP contribution in [0.15, 0.2) is 66.0 Å². The minimum absolute atomic E-state index is 0.270. The van der Waals surface area contributed by atoms with Crippen LogP contribution in [0.4, 0.5) is 11.4 Å². The largest absolute Gasteiger partial charge is 0.462 e. The van der Waals surface area contributed by atoms with Gasteiger partial charge in [0.25, 0.3) is 5.91 Å². The van der Waals surface area contributed by atoms with Crippen molar-refractivity contribution in [2.24, 2.45) is 5.92 Å². The average Bonchev–Trinajstić information content (AvgIpc) is 3.52. The van der Waals surface area contributed by atoms with Crippen molar-refractivity contribution < 1.29 is 24.0 Å². The first-order valence-corrected chi connectivity index (χ1v) is 11.6. The molecule has 3 heterocycles. The van der Waals surface area contributed by atoms with E-state index in [9.17, 15) is 14.4 Å². The third kappa shape index (κ3) is 3.51. The highest BCUT2D eigenvalue weighted by atomic mass is 32.1. The molecule has 7 nitrogen and oxygen atoms in total. The number of ether oxygens (including phenoxy) is 1. The Morgan fingerprint density at radius 2 is 1.79 bits per heavy atom. The maximum absolute atomic E-state index is 13.6. The maximum atomic E-state index is 13.6. The van der Waals surface area contributed by atoms with Crippen LogP contribution in [0.3, 0.4) is 0 Å². The number of hydrogen-bond acceptors (Lipinski definition) is 7. The lowest BCUT2D eigenvalue weighted by Crippen LogP contribution is -2.37. The summed E-state index contributed by atoms with van der Waals surface area (Å²) in [5.41, 5.74) is 2.59. The van der Waals surface area contributed by atoms with Crippen LogP contribution in [-0.4, -0.2) is 30.5 Å². The van der Waals surface area contributed by atoms with Gasteiger partial charge in [0.2, 0.25) is 5.91 Å². The Balaban J connectivity index is 1.49. The molecule has 5 rings (SSSR count). The van der Waals surface area contributed by atoms with Crippen molar-refractivity contribution in [1.29, 1.82) is 0 Å². The maximum Gasteiger partial charge on any atom is 0.338 e. The highest BCUT2D eigenvalue weighted by molar-refractivity contribution is 7.10. The summed E-state index contributed by atoms with van der Waals surface area (Å²) in [4.78, 5) is 47.2. The summed E-state index contributed by atoms with van der Waals surface area (Å²) in [6.45, 7) is 3.97. The number of benzene rings is 2. The van der Waals surface area contributed by atoms with E-state index in [0.717, 1.165) is 16.1 Å². The van der Waals surface area contributed by atoms with E-state index in [2.05, 4.69) is 0 Å². The number of carbonyl (C=O) groups is 3. The van der Waals surface area contributed by atoms with Crippen molar-refractivity contribution in [2.45, 2.75) is 26.0 Å². The number of imide groups is 1. The summed E-state index contributed by atoms with van der Waals surface area (Å²) in [6.07, 6.45) is -0.922.